The first kappa shape index (κ1) is 20.2. The van der Waals surface area contributed by atoms with Crippen LogP contribution in [0.4, 0.5) is 0 Å². The summed E-state index contributed by atoms with van der Waals surface area (Å²) in [5.74, 6) is 1.13. The monoisotopic (exact) mass is 386 g/mol. The van der Waals surface area contributed by atoms with Crippen LogP contribution in [0.2, 0.25) is 0 Å². The number of carbonyl (C=O) groups is 1. The fraction of sp³-hybridized carbons (Fsp3) is 0.545. The van der Waals surface area contributed by atoms with Gasteiger partial charge in [-0.15, -0.1) is 0 Å². The van der Waals surface area contributed by atoms with Gasteiger partial charge in [0, 0.05) is 24.2 Å². The Morgan fingerprint density at radius 3 is 2.29 bits per heavy atom. The van der Waals surface area contributed by atoms with E-state index < -0.39 is 0 Å². The molecule has 0 aliphatic heterocycles. The SMILES string of the molecule is COc1cc2c(C(=O)NC3CCCCC3)cn(CC(C)C)c(=O)c2cc1OC. The Labute approximate surface area is 165 Å². The van der Waals surface area contributed by atoms with Gasteiger partial charge in [0.15, 0.2) is 11.5 Å². The van der Waals surface area contributed by atoms with E-state index in [1.165, 1.54) is 13.5 Å². The lowest BCUT2D eigenvalue weighted by Crippen LogP contribution is -2.37. The number of ether oxygens (including phenoxy) is 2. The lowest BCUT2D eigenvalue weighted by Gasteiger charge is -2.23. The molecule has 6 heteroatoms. The third kappa shape index (κ3) is 4.16. The molecule has 0 unspecified atom stereocenters. The van der Waals surface area contributed by atoms with Gasteiger partial charge in [-0.2, -0.15) is 0 Å². The Bertz CT molecular complexity index is 911. The van der Waals surface area contributed by atoms with Gasteiger partial charge < -0.3 is 19.4 Å². The zero-order valence-corrected chi connectivity index (χ0v) is 17.2. The number of pyridine rings is 1. The highest BCUT2D eigenvalue weighted by Gasteiger charge is 2.21. The molecule has 152 valence electrons. The number of benzene rings is 1. The van der Waals surface area contributed by atoms with Gasteiger partial charge in [0.25, 0.3) is 11.5 Å². The van der Waals surface area contributed by atoms with E-state index in [1.54, 1.807) is 30.0 Å². The fourth-order valence-corrected chi connectivity index (χ4v) is 3.94. The van der Waals surface area contributed by atoms with E-state index in [0.29, 0.717) is 34.4 Å². The van der Waals surface area contributed by atoms with E-state index in [2.05, 4.69) is 5.32 Å². The summed E-state index contributed by atoms with van der Waals surface area (Å²) in [6.45, 7) is 4.65. The van der Waals surface area contributed by atoms with E-state index in [-0.39, 0.29) is 23.4 Å². The van der Waals surface area contributed by atoms with Gasteiger partial charge in [-0.3, -0.25) is 9.59 Å². The standard InChI is InChI=1S/C22H30N2O4/c1-14(2)12-24-13-18(21(25)23-15-8-6-5-7-9-15)16-10-19(27-3)20(28-4)11-17(16)22(24)26/h10-11,13-15H,5-9,12H2,1-4H3,(H,23,25). The van der Waals surface area contributed by atoms with Crippen molar-refractivity contribution in [2.45, 2.75) is 58.5 Å². The molecule has 1 heterocycles. The molecule has 0 bridgehead atoms. The summed E-state index contributed by atoms with van der Waals surface area (Å²) in [4.78, 5) is 26.2. The van der Waals surface area contributed by atoms with Gasteiger partial charge in [-0.25, -0.2) is 0 Å². The molecule has 0 radical (unpaired) electrons. The Morgan fingerprint density at radius 2 is 1.71 bits per heavy atom. The molecular weight excluding hydrogens is 356 g/mol. The number of fused-ring (bicyclic) bond motifs is 1. The summed E-state index contributed by atoms with van der Waals surface area (Å²) in [6.07, 6.45) is 7.21. The van der Waals surface area contributed by atoms with Gasteiger partial charge in [-0.1, -0.05) is 33.1 Å². The number of methoxy groups -OCH3 is 2. The van der Waals surface area contributed by atoms with Crippen molar-refractivity contribution < 1.29 is 14.3 Å². The molecule has 1 aromatic heterocycles. The highest BCUT2D eigenvalue weighted by molar-refractivity contribution is 6.07. The highest BCUT2D eigenvalue weighted by Crippen LogP contribution is 2.32. The van der Waals surface area contributed by atoms with E-state index >= 15 is 0 Å². The average Bonchev–Trinajstić information content (AvgIpc) is 2.69. The number of hydrogen-bond acceptors (Lipinski definition) is 4. The van der Waals surface area contributed by atoms with Crippen LogP contribution in [0.1, 0.15) is 56.3 Å². The second-order valence-electron chi connectivity index (χ2n) is 7.96. The second kappa shape index (κ2) is 8.67. The zero-order valence-electron chi connectivity index (χ0n) is 17.2. The average molecular weight is 386 g/mol. The van der Waals surface area contributed by atoms with Crippen molar-refractivity contribution in [1.29, 1.82) is 0 Å². The van der Waals surface area contributed by atoms with Crippen LogP contribution in [0, 0.1) is 5.92 Å². The maximum atomic E-state index is 13.1. The fourth-order valence-electron chi connectivity index (χ4n) is 3.94. The number of nitrogens with zero attached hydrogens (tertiary/aromatic N) is 1. The summed E-state index contributed by atoms with van der Waals surface area (Å²) in [6, 6.07) is 3.59. The minimum absolute atomic E-state index is 0.126. The molecule has 1 aliphatic rings. The normalized spacial score (nSPS) is 15.0. The van der Waals surface area contributed by atoms with Crippen molar-refractivity contribution in [2.24, 2.45) is 5.92 Å². The number of rotatable bonds is 6. The Morgan fingerprint density at radius 1 is 1.11 bits per heavy atom. The third-order valence-electron chi connectivity index (χ3n) is 5.34. The van der Waals surface area contributed by atoms with Crippen molar-refractivity contribution >= 4 is 16.7 Å². The zero-order chi connectivity index (χ0) is 20.3. The van der Waals surface area contributed by atoms with Gasteiger partial charge in [0.05, 0.1) is 25.2 Å². The van der Waals surface area contributed by atoms with Crippen LogP contribution >= 0.6 is 0 Å². The molecule has 1 aliphatic carbocycles. The summed E-state index contributed by atoms with van der Waals surface area (Å²) in [5, 5.41) is 4.23. The highest BCUT2D eigenvalue weighted by atomic mass is 16.5. The quantitative estimate of drug-likeness (QED) is 0.821. The molecule has 0 saturated heterocycles. The van der Waals surface area contributed by atoms with Crippen LogP contribution in [0.5, 0.6) is 11.5 Å². The van der Waals surface area contributed by atoms with E-state index in [0.717, 1.165) is 25.7 Å². The molecular formula is C22H30N2O4. The van der Waals surface area contributed by atoms with Gasteiger partial charge >= 0.3 is 0 Å². The maximum absolute atomic E-state index is 13.1. The molecule has 1 aromatic carbocycles. The topological polar surface area (TPSA) is 69.6 Å². The van der Waals surface area contributed by atoms with Gasteiger partial charge in [0.2, 0.25) is 0 Å². The number of amides is 1. The first-order valence-corrected chi connectivity index (χ1v) is 10.0. The minimum Gasteiger partial charge on any atom is -0.493 e. The molecule has 1 fully saturated rings. The number of hydrogen-bond donors (Lipinski definition) is 1. The van der Waals surface area contributed by atoms with Crippen molar-refractivity contribution in [2.75, 3.05) is 14.2 Å². The summed E-state index contributed by atoms with van der Waals surface area (Å²) >= 11 is 0. The van der Waals surface area contributed by atoms with Crippen molar-refractivity contribution in [3.8, 4) is 11.5 Å². The predicted octanol–water partition coefficient (Wildman–Crippen LogP) is 3.74. The van der Waals surface area contributed by atoms with Crippen LogP contribution in [0.3, 0.4) is 0 Å². The van der Waals surface area contributed by atoms with Crippen LogP contribution in [-0.2, 0) is 6.54 Å². The van der Waals surface area contributed by atoms with Gasteiger partial charge in [0.1, 0.15) is 0 Å². The first-order chi connectivity index (χ1) is 13.4. The minimum atomic E-state index is -0.137. The van der Waals surface area contributed by atoms with Crippen molar-refractivity contribution in [3.05, 3.63) is 34.2 Å². The Kier molecular flexibility index (Phi) is 6.27. The largest absolute Gasteiger partial charge is 0.493 e. The summed E-state index contributed by atoms with van der Waals surface area (Å²) in [5.41, 5.74) is 0.376. The molecule has 3 rings (SSSR count). The molecule has 1 amide bonds. The lowest BCUT2D eigenvalue weighted by atomic mass is 9.95. The molecule has 0 spiro atoms. The van der Waals surface area contributed by atoms with Crippen LogP contribution in [-0.4, -0.2) is 30.7 Å². The Balaban J connectivity index is 2.13. The molecule has 0 atom stereocenters. The Hall–Kier alpha value is -2.50. The summed E-state index contributed by atoms with van der Waals surface area (Å²) < 4.78 is 12.4. The second-order valence-corrected chi connectivity index (χ2v) is 7.96. The molecule has 28 heavy (non-hydrogen) atoms. The smallest absolute Gasteiger partial charge is 0.258 e. The van der Waals surface area contributed by atoms with E-state index in [4.69, 9.17) is 9.47 Å². The van der Waals surface area contributed by atoms with Gasteiger partial charge in [-0.05, 0) is 30.9 Å². The third-order valence-corrected chi connectivity index (χ3v) is 5.34. The van der Waals surface area contributed by atoms with Crippen LogP contribution in [0.15, 0.2) is 23.1 Å². The predicted molar refractivity (Wildman–Crippen MR) is 110 cm³/mol. The summed E-state index contributed by atoms with van der Waals surface area (Å²) in [7, 11) is 3.08. The van der Waals surface area contributed by atoms with Crippen molar-refractivity contribution in [1.82, 2.24) is 9.88 Å². The number of aromatic nitrogens is 1. The number of carbonyl (C=O) groups excluding carboxylic acids is 1. The lowest BCUT2D eigenvalue weighted by molar-refractivity contribution is 0.0928. The number of nitrogens with one attached hydrogen (secondary N) is 1. The van der Waals surface area contributed by atoms with Crippen LogP contribution in [0.25, 0.3) is 10.8 Å². The van der Waals surface area contributed by atoms with Crippen LogP contribution < -0.4 is 20.3 Å². The molecule has 1 N–H and O–H groups in total. The molecule has 1 saturated carbocycles. The van der Waals surface area contributed by atoms with E-state index in [9.17, 15) is 9.59 Å². The molecule has 2 aromatic rings. The maximum Gasteiger partial charge on any atom is 0.258 e. The van der Waals surface area contributed by atoms with E-state index in [1.807, 2.05) is 13.8 Å². The first-order valence-electron chi connectivity index (χ1n) is 10.0. The van der Waals surface area contributed by atoms with Crippen molar-refractivity contribution in [3.63, 3.8) is 0 Å². The molecule has 6 nitrogen and oxygen atoms in total.